The second-order valence-corrected chi connectivity index (χ2v) is 6.53. The smallest absolute Gasteiger partial charge is 0.342 e. The summed E-state index contributed by atoms with van der Waals surface area (Å²) in [5.74, 6) is -1.56. The third-order valence-corrected chi connectivity index (χ3v) is 4.56. The fourth-order valence-electron chi connectivity index (χ4n) is 3.08. The number of aromatic nitrogens is 2. The van der Waals surface area contributed by atoms with Crippen LogP contribution in [0.15, 0.2) is 48.5 Å². The topological polar surface area (TPSA) is 70.4 Å². The number of carbonyl (C=O) groups is 2. The molecule has 0 aliphatic heterocycles. The highest BCUT2D eigenvalue weighted by atomic mass is 19.1. The number of rotatable bonds is 7. The van der Waals surface area contributed by atoms with Crippen molar-refractivity contribution in [1.29, 1.82) is 0 Å². The van der Waals surface area contributed by atoms with Gasteiger partial charge in [-0.3, -0.25) is 9.48 Å². The highest BCUT2D eigenvalue weighted by Crippen LogP contribution is 2.21. The Balaban J connectivity index is 1.73. The average Bonchev–Trinajstić information content (AvgIpc) is 2.99. The van der Waals surface area contributed by atoms with E-state index >= 15 is 0 Å². The Morgan fingerprint density at radius 2 is 1.83 bits per heavy atom. The maximum absolute atomic E-state index is 13.5. The molecule has 0 radical (unpaired) electrons. The SMILES string of the molecule is COc1ccc(F)cc1C(=O)COC(=O)c1c(C)nn(Cc2ccccc2)c1C. The zero-order valence-electron chi connectivity index (χ0n) is 16.4. The Morgan fingerprint density at radius 1 is 1.10 bits per heavy atom. The monoisotopic (exact) mass is 396 g/mol. The van der Waals surface area contributed by atoms with Crippen LogP contribution in [0.1, 0.15) is 37.7 Å². The van der Waals surface area contributed by atoms with Crippen LogP contribution in [0, 0.1) is 19.7 Å². The van der Waals surface area contributed by atoms with Crippen LogP contribution in [-0.2, 0) is 11.3 Å². The van der Waals surface area contributed by atoms with E-state index in [1.54, 1.807) is 18.5 Å². The van der Waals surface area contributed by atoms with Crippen molar-refractivity contribution in [2.75, 3.05) is 13.7 Å². The molecule has 0 bridgehead atoms. The fraction of sp³-hybridized carbons (Fsp3) is 0.227. The van der Waals surface area contributed by atoms with Crippen LogP contribution >= 0.6 is 0 Å². The molecule has 0 N–H and O–H groups in total. The minimum atomic E-state index is -0.650. The molecule has 0 spiro atoms. The van der Waals surface area contributed by atoms with Gasteiger partial charge in [-0.05, 0) is 37.6 Å². The van der Waals surface area contributed by atoms with E-state index in [4.69, 9.17) is 9.47 Å². The maximum atomic E-state index is 13.5. The first-order chi connectivity index (χ1) is 13.9. The van der Waals surface area contributed by atoms with Crippen LogP contribution in [0.2, 0.25) is 0 Å². The van der Waals surface area contributed by atoms with Crippen molar-refractivity contribution in [2.45, 2.75) is 20.4 Å². The minimum Gasteiger partial charge on any atom is -0.496 e. The van der Waals surface area contributed by atoms with Gasteiger partial charge in [0, 0.05) is 0 Å². The predicted molar refractivity (Wildman–Crippen MR) is 105 cm³/mol. The Morgan fingerprint density at radius 3 is 2.52 bits per heavy atom. The van der Waals surface area contributed by atoms with Gasteiger partial charge in [0.05, 0.1) is 30.6 Å². The van der Waals surface area contributed by atoms with Gasteiger partial charge in [0.1, 0.15) is 17.1 Å². The van der Waals surface area contributed by atoms with E-state index in [2.05, 4.69) is 5.10 Å². The van der Waals surface area contributed by atoms with Gasteiger partial charge in [0.25, 0.3) is 0 Å². The number of esters is 1. The van der Waals surface area contributed by atoms with Gasteiger partial charge in [-0.25, -0.2) is 9.18 Å². The standard InChI is InChI=1S/C22H21FN2O4/c1-14-21(15(2)25(24-14)12-16-7-5-4-6-8-16)22(27)29-13-19(26)18-11-17(23)9-10-20(18)28-3/h4-11H,12-13H2,1-3H3. The molecule has 150 valence electrons. The molecule has 0 saturated heterocycles. The molecule has 0 unspecified atom stereocenters. The molecular weight excluding hydrogens is 375 g/mol. The maximum Gasteiger partial charge on any atom is 0.342 e. The molecule has 0 aliphatic carbocycles. The molecule has 29 heavy (non-hydrogen) atoms. The lowest BCUT2D eigenvalue weighted by Crippen LogP contribution is -2.16. The van der Waals surface area contributed by atoms with Gasteiger partial charge < -0.3 is 9.47 Å². The van der Waals surface area contributed by atoms with E-state index in [1.807, 2.05) is 30.3 Å². The number of ether oxygens (including phenoxy) is 2. The lowest BCUT2D eigenvalue weighted by Gasteiger charge is -2.09. The summed E-state index contributed by atoms with van der Waals surface area (Å²) in [6.07, 6.45) is 0. The number of hydrogen-bond acceptors (Lipinski definition) is 5. The second-order valence-electron chi connectivity index (χ2n) is 6.53. The number of carbonyl (C=O) groups excluding carboxylic acids is 2. The van der Waals surface area contributed by atoms with Crippen molar-refractivity contribution in [2.24, 2.45) is 0 Å². The molecule has 6 nitrogen and oxygen atoms in total. The number of Topliss-reactive ketones (excluding diaryl/α,β-unsaturated/α-hetero) is 1. The van der Waals surface area contributed by atoms with E-state index in [0.29, 0.717) is 23.5 Å². The van der Waals surface area contributed by atoms with E-state index in [9.17, 15) is 14.0 Å². The number of ketones is 1. The molecule has 1 heterocycles. The van der Waals surface area contributed by atoms with E-state index in [-0.39, 0.29) is 11.3 Å². The second kappa shape index (κ2) is 8.68. The molecule has 0 amide bonds. The lowest BCUT2D eigenvalue weighted by molar-refractivity contribution is 0.0472. The number of aryl methyl sites for hydroxylation is 1. The summed E-state index contributed by atoms with van der Waals surface area (Å²) in [6.45, 7) is 3.47. The Labute approximate surface area is 167 Å². The van der Waals surface area contributed by atoms with Gasteiger partial charge in [0.2, 0.25) is 5.78 Å². The first-order valence-corrected chi connectivity index (χ1v) is 9.02. The van der Waals surface area contributed by atoms with Gasteiger partial charge in [-0.2, -0.15) is 5.10 Å². The first kappa shape index (κ1) is 20.3. The van der Waals surface area contributed by atoms with E-state index in [0.717, 1.165) is 11.6 Å². The summed E-state index contributed by atoms with van der Waals surface area (Å²) >= 11 is 0. The number of methoxy groups -OCH3 is 1. The summed E-state index contributed by atoms with van der Waals surface area (Å²) in [6, 6.07) is 13.3. The Hall–Kier alpha value is -3.48. The normalized spacial score (nSPS) is 10.6. The third kappa shape index (κ3) is 4.51. The van der Waals surface area contributed by atoms with Crippen LogP contribution in [0.25, 0.3) is 0 Å². The highest BCUT2D eigenvalue weighted by Gasteiger charge is 2.22. The first-order valence-electron chi connectivity index (χ1n) is 9.02. The van der Waals surface area contributed by atoms with Crippen molar-refractivity contribution >= 4 is 11.8 Å². The van der Waals surface area contributed by atoms with Crippen molar-refractivity contribution in [3.63, 3.8) is 0 Å². The summed E-state index contributed by atoms with van der Waals surface area (Å²) in [5.41, 5.74) is 2.55. The lowest BCUT2D eigenvalue weighted by atomic mass is 10.1. The highest BCUT2D eigenvalue weighted by molar-refractivity contribution is 6.01. The molecule has 2 aromatic carbocycles. The molecule has 0 atom stereocenters. The van der Waals surface area contributed by atoms with Crippen LogP contribution in [-0.4, -0.2) is 35.2 Å². The van der Waals surface area contributed by atoms with Crippen LogP contribution in [0.3, 0.4) is 0 Å². The van der Waals surface area contributed by atoms with Crippen LogP contribution in [0.5, 0.6) is 5.75 Å². The summed E-state index contributed by atoms with van der Waals surface area (Å²) in [4.78, 5) is 25.0. The zero-order valence-corrected chi connectivity index (χ0v) is 16.4. The summed E-state index contributed by atoms with van der Waals surface area (Å²) in [5, 5.41) is 4.41. The van der Waals surface area contributed by atoms with Crippen molar-refractivity contribution < 1.29 is 23.5 Å². The molecule has 7 heteroatoms. The van der Waals surface area contributed by atoms with Gasteiger partial charge in [0.15, 0.2) is 6.61 Å². The van der Waals surface area contributed by atoms with Crippen LogP contribution in [0.4, 0.5) is 4.39 Å². The summed E-state index contributed by atoms with van der Waals surface area (Å²) < 4.78 is 25.4. The van der Waals surface area contributed by atoms with E-state index < -0.39 is 24.2 Å². The Bertz CT molecular complexity index is 1040. The molecule has 1 aromatic heterocycles. The van der Waals surface area contributed by atoms with E-state index in [1.165, 1.54) is 19.2 Å². The van der Waals surface area contributed by atoms with Crippen LogP contribution < -0.4 is 4.74 Å². The van der Waals surface area contributed by atoms with Gasteiger partial charge in [-0.15, -0.1) is 0 Å². The van der Waals surface area contributed by atoms with Crippen molar-refractivity contribution in [1.82, 2.24) is 9.78 Å². The quantitative estimate of drug-likeness (QED) is 0.450. The molecule has 0 aliphatic rings. The Kier molecular flexibility index (Phi) is 6.07. The average molecular weight is 396 g/mol. The predicted octanol–water partition coefficient (Wildman–Crippen LogP) is 3.74. The third-order valence-electron chi connectivity index (χ3n) is 4.56. The summed E-state index contributed by atoms with van der Waals surface area (Å²) in [7, 11) is 1.38. The molecule has 0 saturated carbocycles. The molecule has 3 aromatic rings. The number of nitrogens with zero attached hydrogens (tertiary/aromatic N) is 2. The molecular formula is C22H21FN2O4. The number of benzene rings is 2. The number of hydrogen-bond donors (Lipinski definition) is 0. The fourth-order valence-corrected chi connectivity index (χ4v) is 3.08. The molecule has 0 fully saturated rings. The zero-order chi connectivity index (χ0) is 21.0. The molecule has 3 rings (SSSR count). The van der Waals surface area contributed by atoms with Gasteiger partial charge in [-0.1, -0.05) is 30.3 Å². The van der Waals surface area contributed by atoms with Crippen molar-refractivity contribution in [3.8, 4) is 5.75 Å². The van der Waals surface area contributed by atoms with Crippen molar-refractivity contribution in [3.05, 3.63) is 82.4 Å². The largest absolute Gasteiger partial charge is 0.496 e. The minimum absolute atomic E-state index is 0.0218. The van der Waals surface area contributed by atoms with Gasteiger partial charge >= 0.3 is 5.97 Å². The number of halogens is 1.